The number of ether oxygens (including phenoxy) is 2. The normalized spacial score (nSPS) is 15.8. The van der Waals surface area contributed by atoms with Gasteiger partial charge in [-0.3, -0.25) is 9.69 Å². The summed E-state index contributed by atoms with van der Waals surface area (Å²) in [4.78, 5) is 27.8. The van der Waals surface area contributed by atoms with E-state index in [1.165, 1.54) is 16.0 Å². The molecule has 0 radical (unpaired) electrons. The molecule has 2 aliphatic rings. The third kappa shape index (κ3) is 5.29. The van der Waals surface area contributed by atoms with Crippen LogP contribution in [0, 0.1) is 0 Å². The first kappa shape index (κ1) is 22.3. The van der Waals surface area contributed by atoms with Crippen molar-refractivity contribution in [3.05, 3.63) is 59.7 Å². The molecule has 1 fully saturated rings. The Morgan fingerprint density at radius 3 is 2.25 bits per heavy atom. The van der Waals surface area contributed by atoms with Crippen molar-refractivity contribution < 1.29 is 24.2 Å². The van der Waals surface area contributed by atoms with Crippen molar-refractivity contribution >= 4 is 12.1 Å². The number of carboxylic acid groups (broad SMARTS) is 1. The monoisotopic (exact) mass is 438 g/mol. The summed E-state index contributed by atoms with van der Waals surface area (Å²) in [6.07, 6.45) is 0.223. The van der Waals surface area contributed by atoms with Crippen molar-refractivity contribution in [2.45, 2.75) is 18.8 Å². The van der Waals surface area contributed by atoms with E-state index in [9.17, 15) is 9.59 Å². The van der Waals surface area contributed by atoms with Gasteiger partial charge in [0, 0.05) is 38.6 Å². The number of aliphatic carboxylic acids is 1. The van der Waals surface area contributed by atoms with Crippen LogP contribution in [0.3, 0.4) is 0 Å². The first-order valence-electron chi connectivity index (χ1n) is 11.3. The highest BCUT2D eigenvalue weighted by Gasteiger charge is 2.29. The highest BCUT2D eigenvalue weighted by atomic mass is 16.6. The maximum absolute atomic E-state index is 12.9. The van der Waals surface area contributed by atoms with Crippen LogP contribution < -0.4 is 0 Å². The zero-order chi connectivity index (χ0) is 22.3. The lowest BCUT2D eigenvalue weighted by Gasteiger charge is -2.28. The maximum Gasteiger partial charge on any atom is 0.409 e. The zero-order valence-corrected chi connectivity index (χ0v) is 18.2. The van der Waals surface area contributed by atoms with Crippen molar-refractivity contribution in [2.24, 2.45) is 0 Å². The van der Waals surface area contributed by atoms with Gasteiger partial charge in [-0.2, -0.15) is 0 Å². The van der Waals surface area contributed by atoms with Crippen molar-refractivity contribution in [3.63, 3.8) is 0 Å². The number of carbonyl (C=O) groups excluding carboxylic acids is 1. The van der Waals surface area contributed by atoms with Gasteiger partial charge in [-0.1, -0.05) is 48.5 Å². The van der Waals surface area contributed by atoms with Crippen LogP contribution in [-0.2, 0) is 14.3 Å². The molecule has 0 aromatic heterocycles. The molecule has 1 aliphatic carbocycles. The minimum atomic E-state index is -0.922. The number of morpholine rings is 1. The first-order valence-corrected chi connectivity index (χ1v) is 11.3. The molecule has 1 N–H and O–H groups in total. The van der Waals surface area contributed by atoms with E-state index < -0.39 is 12.1 Å². The van der Waals surface area contributed by atoms with Gasteiger partial charge in [-0.25, -0.2) is 4.79 Å². The Labute approximate surface area is 188 Å². The Bertz CT molecular complexity index is 896. The molecule has 0 saturated carbocycles. The van der Waals surface area contributed by atoms with E-state index in [-0.39, 0.29) is 25.5 Å². The summed E-state index contributed by atoms with van der Waals surface area (Å²) in [5.74, 6) is -0.935. The molecule has 2 aromatic rings. The molecule has 0 atom stereocenters. The molecule has 1 saturated heterocycles. The number of hydrogen-bond acceptors (Lipinski definition) is 5. The highest BCUT2D eigenvalue weighted by molar-refractivity contribution is 5.79. The highest BCUT2D eigenvalue weighted by Crippen LogP contribution is 2.44. The molecular weight excluding hydrogens is 408 g/mol. The lowest BCUT2D eigenvalue weighted by molar-refractivity contribution is -0.137. The minimum absolute atomic E-state index is 0.0129. The van der Waals surface area contributed by atoms with Crippen molar-refractivity contribution in [1.29, 1.82) is 0 Å². The van der Waals surface area contributed by atoms with Gasteiger partial charge in [0.1, 0.15) is 6.61 Å². The van der Waals surface area contributed by atoms with Crippen LogP contribution in [0.15, 0.2) is 48.5 Å². The molecule has 4 rings (SSSR count). The average Bonchev–Trinajstić information content (AvgIpc) is 3.14. The van der Waals surface area contributed by atoms with Crippen molar-refractivity contribution in [2.75, 3.05) is 52.5 Å². The Hall–Kier alpha value is -2.90. The molecule has 170 valence electrons. The summed E-state index contributed by atoms with van der Waals surface area (Å²) in [5.41, 5.74) is 4.67. The number of carbonyl (C=O) groups is 2. The molecule has 0 unspecified atom stereocenters. The SMILES string of the molecule is O=C(O)CCN(CCCN1CCOCC1)C(=O)OCC1c2ccccc2-c2ccccc21. The van der Waals surface area contributed by atoms with E-state index in [1.807, 2.05) is 24.3 Å². The Morgan fingerprint density at radius 2 is 1.62 bits per heavy atom. The largest absolute Gasteiger partial charge is 0.481 e. The molecule has 1 heterocycles. The maximum atomic E-state index is 12.9. The average molecular weight is 439 g/mol. The van der Waals surface area contributed by atoms with Crippen LogP contribution >= 0.6 is 0 Å². The quantitative estimate of drug-likeness (QED) is 0.646. The first-order chi connectivity index (χ1) is 15.6. The van der Waals surface area contributed by atoms with E-state index in [0.29, 0.717) is 6.54 Å². The number of benzene rings is 2. The summed E-state index contributed by atoms with van der Waals surface area (Å²) >= 11 is 0. The smallest absolute Gasteiger partial charge is 0.409 e. The van der Waals surface area contributed by atoms with Gasteiger partial charge in [0.25, 0.3) is 0 Å². The van der Waals surface area contributed by atoms with Gasteiger partial charge in [0.05, 0.1) is 19.6 Å². The predicted molar refractivity (Wildman–Crippen MR) is 121 cm³/mol. The number of nitrogens with zero attached hydrogens (tertiary/aromatic N) is 2. The second-order valence-electron chi connectivity index (χ2n) is 8.24. The van der Waals surface area contributed by atoms with E-state index in [2.05, 4.69) is 29.2 Å². The Balaban J connectivity index is 1.37. The van der Waals surface area contributed by atoms with Gasteiger partial charge >= 0.3 is 12.1 Å². The summed E-state index contributed by atoms with van der Waals surface area (Å²) in [5, 5.41) is 9.09. The molecule has 1 aliphatic heterocycles. The van der Waals surface area contributed by atoms with Crippen LogP contribution in [-0.4, -0.2) is 79.5 Å². The van der Waals surface area contributed by atoms with Crippen molar-refractivity contribution in [1.82, 2.24) is 9.80 Å². The third-order valence-corrected chi connectivity index (χ3v) is 6.20. The predicted octanol–water partition coefficient (Wildman–Crippen LogP) is 3.43. The summed E-state index contributed by atoms with van der Waals surface area (Å²) < 4.78 is 11.1. The topological polar surface area (TPSA) is 79.3 Å². The molecule has 7 nitrogen and oxygen atoms in total. The lowest BCUT2D eigenvalue weighted by atomic mass is 9.98. The molecule has 2 aromatic carbocycles. The van der Waals surface area contributed by atoms with Crippen LogP contribution in [0.1, 0.15) is 29.9 Å². The van der Waals surface area contributed by atoms with Gasteiger partial charge in [-0.15, -0.1) is 0 Å². The summed E-state index contributed by atoms with van der Waals surface area (Å²) in [6, 6.07) is 16.4. The number of amides is 1. The van der Waals surface area contributed by atoms with E-state index in [0.717, 1.165) is 50.4 Å². The van der Waals surface area contributed by atoms with E-state index in [1.54, 1.807) is 0 Å². The number of carboxylic acids is 1. The van der Waals surface area contributed by atoms with Gasteiger partial charge in [0.2, 0.25) is 0 Å². The molecule has 0 bridgehead atoms. The van der Waals surface area contributed by atoms with Gasteiger partial charge < -0.3 is 19.5 Å². The van der Waals surface area contributed by atoms with Crippen LogP contribution in [0.25, 0.3) is 11.1 Å². The van der Waals surface area contributed by atoms with Crippen LogP contribution in [0.4, 0.5) is 4.79 Å². The van der Waals surface area contributed by atoms with E-state index >= 15 is 0 Å². The fourth-order valence-corrected chi connectivity index (χ4v) is 4.52. The number of rotatable bonds is 9. The standard InChI is InChI=1S/C25H30N2O5/c28-24(29)10-13-27(12-5-11-26-14-16-31-17-15-26)25(30)32-18-23-21-8-3-1-6-19(21)20-7-2-4-9-22(20)23/h1-4,6-9,23H,5,10-18H2,(H,28,29). The second-order valence-corrected chi connectivity index (χ2v) is 8.24. The van der Waals surface area contributed by atoms with Gasteiger partial charge in [-0.05, 0) is 28.7 Å². The number of fused-ring (bicyclic) bond motifs is 3. The number of hydrogen-bond donors (Lipinski definition) is 1. The molecule has 0 spiro atoms. The van der Waals surface area contributed by atoms with Crippen molar-refractivity contribution in [3.8, 4) is 11.1 Å². The van der Waals surface area contributed by atoms with E-state index in [4.69, 9.17) is 14.6 Å². The Kier molecular flexibility index (Phi) is 7.39. The second kappa shape index (κ2) is 10.6. The van der Waals surface area contributed by atoms with Gasteiger partial charge in [0.15, 0.2) is 0 Å². The minimum Gasteiger partial charge on any atom is -0.481 e. The van der Waals surface area contributed by atoms with Crippen LogP contribution in [0.2, 0.25) is 0 Å². The zero-order valence-electron chi connectivity index (χ0n) is 18.2. The Morgan fingerprint density at radius 1 is 1.00 bits per heavy atom. The molecular formula is C25H30N2O5. The molecule has 32 heavy (non-hydrogen) atoms. The lowest BCUT2D eigenvalue weighted by Crippen LogP contribution is -2.40. The molecule has 1 amide bonds. The summed E-state index contributed by atoms with van der Waals surface area (Å²) in [6.45, 7) is 4.95. The fraction of sp³-hybridized carbons (Fsp3) is 0.440. The third-order valence-electron chi connectivity index (χ3n) is 6.20. The molecule has 7 heteroatoms. The van der Waals surface area contributed by atoms with Crippen LogP contribution in [0.5, 0.6) is 0 Å². The summed E-state index contributed by atoms with van der Waals surface area (Å²) in [7, 11) is 0. The fourth-order valence-electron chi connectivity index (χ4n) is 4.52.